The van der Waals surface area contributed by atoms with Crippen LogP contribution in [-0.4, -0.2) is 21.9 Å². The summed E-state index contributed by atoms with van der Waals surface area (Å²) in [6, 6.07) is 17.0. The molecular formula is C22H21F3N4O. The minimum atomic E-state index is -4.49. The first-order chi connectivity index (χ1) is 14.3. The largest absolute Gasteiger partial charge is 0.410 e. The van der Waals surface area contributed by atoms with Crippen molar-refractivity contribution in [1.29, 1.82) is 0 Å². The van der Waals surface area contributed by atoms with Gasteiger partial charge in [0.1, 0.15) is 5.82 Å². The van der Waals surface area contributed by atoms with Crippen molar-refractivity contribution in [3.8, 4) is 0 Å². The third-order valence-corrected chi connectivity index (χ3v) is 5.27. The van der Waals surface area contributed by atoms with Crippen molar-refractivity contribution in [3.05, 3.63) is 83.6 Å². The van der Waals surface area contributed by atoms with Crippen LogP contribution in [0, 0.1) is 0 Å². The minimum Gasteiger partial charge on any atom is -0.363 e. The van der Waals surface area contributed by atoms with E-state index < -0.39 is 24.2 Å². The summed E-state index contributed by atoms with van der Waals surface area (Å²) >= 11 is 0. The molecule has 1 aliphatic rings. The van der Waals surface area contributed by atoms with Crippen molar-refractivity contribution >= 4 is 11.7 Å². The van der Waals surface area contributed by atoms with E-state index >= 15 is 0 Å². The van der Waals surface area contributed by atoms with E-state index in [1.807, 2.05) is 43.3 Å². The van der Waals surface area contributed by atoms with Gasteiger partial charge in [-0.15, -0.1) is 0 Å². The number of alkyl halides is 3. The van der Waals surface area contributed by atoms with E-state index in [2.05, 4.69) is 15.7 Å². The number of benzene rings is 2. The van der Waals surface area contributed by atoms with Gasteiger partial charge in [0.25, 0.3) is 5.91 Å². The molecule has 0 aliphatic carbocycles. The van der Waals surface area contributed by atoms with E-state index in [0.717, 1.165) is 15.8 Å². The first-order valence-corrected chi connectivity index (χ1v) is 9.66. The number of amides is 1. The van der Waals surface area contributed by atoms with Gasteiger partial charge >= 0.3 is 6.18 Å². The van der Waals surface area contributed by atoms with Crippen molar-refractivity contribution < 1.29 is 18.0 Å². The van der Waals surface area contributed by atoms with Gasteiger partial charge in [-0.2, -0.15) is 18.3 Å². The van der Waals surface area contributed by atoms with Crippen LogP contribution in [0.2, 0.25) is 0 Å². The summed E-state index contributed by atoms with van der Waals surface area (Å²) < 4.78 is 42.2. The lowest BCUT2D eigenvalue weighted by Gasteiger charge is -2.33. The zero-order valence-electron chi connectivity index (χ0n) is 16.2. The Morgan fingerprint density at radius 3 is 2.40 bits per heavy atom. The molecule has 0 bridgehead atoms. The molecule has 156 valence electrons. The second-order valence-corrected chi connectivity index (χ2v) is 7.37. The molecule has 8 heteroatoms. The Labute approximate surface area is 171 Å². The highest BCUT2D eigenvalue weighted by atomic mass is 19.4. The summed E-state index contributed by atoms with van der Waals surface area (Å²) in [5, 5.41) is 9.89. The zero-order valence-corrected chi connectivity index (χ0v) is 16.2. The Bertz CT molecular complexity index is 1020. The fourth-order valence-corrected chi connectivity index (χ4v) is 3.68. The first-order valence-electron chi connectivity index (χ1n) is 9.66. The molecule has 2 aromatic carbocycles. The molecule has 0 fully saturated rings. The average Bonchev–Trinajstić information content (AvgIpc) is 3.18. The van der Waals surface area contributed by atoms with Crippen LogP contribution in [0.4, 0.5) is 19.0 Å². The summed E-state index contributed by atoms with van der Waals surface area (Å²) in [5.41, 5.74) is 1.59. The Morgan fingerprint density at radius 2 is 1.77 bits per heavy atom. The lowest BCUT2D eigenvalue weighted by atomic mass is 9.97. The molecule has 2 N–H and O–H groups in total. The van der Waals surface area contributed by atoms with E-state index in [1.54, 1.807) is 24.3 Å². The second-order valence-electron chi connectivity index (χ2n) is 7.37. The highest BCUT2D eigenvalue weighted by Gasteiger charge is 2.46. The van der Waals surface area contributed by atoms with E-state index in [9.17, 15) is 18.0 Å². The number of nitrogens with zero attached hydrogens (tertiary/aromatic N) is 2. The van der Waals surface area contributed by atoms with Gasteiger partial charge < -0.3 is 10.6 Å². The van der Waals surface area contributed by atoms with E-state index in [0.29, 0.717) is 0 Å². The van der Waals surface area contributed by atoms with Crippen LogP contribution in [0.5, 0.6) is 0 Å². The topological polar surface area (TPSA) is 59.0 Å². The predicted molar refractivity (Wildman–Crippen MR) is 107 cm³/mol. The Kier molecular flexibility index (Phi) is 5.24. The maximum atomic E-state index is 13.8. The summed E-state index contributed by atoms with van der Waals surface area (Å²) in [6.45, 7) is 1.81. The van der Waals surface area contributed by atoms with Crippen LogP contribution in [-0.2, 0) is 0 Å². The van der Waals surface area contributed by atoms with Gasteiger partial charge in [-0.25, -0.2) is 4.68 Å². The van der Waals surface area contributed by atoms with Gasteiger partial charge in [-0.3, -0.25) is 4.79 Å². The van der Waals surface area contributed by atoms with E-state index in [1.165, 1.54) is 6.07 Å². The van der Waals surface area contributed by atoms with Crippen molar-refractivity contribution in [2.24, 2.45) is 0 Å². The predicted octanol–water partition coefficient (Wildman–Crippen LogP) is 5.03. The van der Waals surface area contributed by atoms with Crippen LogP contribution in [0.1, 0.15) is 53.1 Å². The summed E-state index contributed by atoms with van der Waals surface area (Å²) in [5.74, 6) is -0.345. The van der Waals surface area contributed by atoms with Crippen molar-refractivity contribution in [2.45, 2.75) is 37.6 Å². The number of rotatable bonds is 4. The number of carbonyl (C=O) groups excluding carboxylic acids is 1. The second kappa shape index (κ2) is 7.85. The fourth-order valence-electron chi connectivity index (χ4n) is 3.68. The smallest absolute Gasteiger partial charge is 0.363 e. The monoisotopic (exact) mass is 414 g/mol. The summed E-state index contributed by atoms with van der Waals surface area (Å²) in [6.07, 6.45) is -4.69. The van der Waals surface area contributed by atoms with Gasteiger partial charge in [0.15, 0.2) is 11.7 Å². The molecule has 4 rings (SSSR count). The number of carbonyl (C=O) groups is 1. The maximum absolute atomic E-state index is 13.8. The van der Waals surface area contributed by atoms with E-state index in [4.69, 9.17) is 0 Å². The van der Waals surface area contributed by atoms with Crippen LogP contribution >= 0.6 is 0 Å². The molecule has 5 nitrogen and oxygen atoms in total. The van der Waals surface area contributed by atoms with Crippen molar-refractivity contribution in [2.75, 3.05) is 5.32 Å². The van der Waals surface area contributed by atoms with Crippen LogP contribution in [0.3, 0.4) is 0 Å². The fraction of sp³-hybridized carbons (Fsp3) is 0.273. The Morgan fingerprint density at radius 1 is 1.13 bits per heavy atom. The Hall–Kier alpha value is -3.29. The SMILES string of the molecule is C[C@@H](NC(=O)c1cc2n(n1)[C@@H](C(F)(F)F)C[C@H](c1ccccc1)N2)c1ccccc1. The van der Waals surface area contributed by atoms with Gasteiger partial charge in [-0.05, 0) is 18.1 Å². The lowest BCUT2D eigenvalue weighted by molar-refractivity contribution is -0.173. The molecule has 0 spiro atoms. The number of fused-ring (bicyclic) bond motifs is 1. The molecule has 2 heterocycles. The number of aromatic nitrogens is 2. The highest BCUT2D eigenvalue weighted by molar-refractivity contribution is 5.93. The standard InChI is InChI=1S/C22H21F3N4O/c1-14(15-8-4-2-5-9-15)26-21(30)18-13-20-27-17(16-10-6-3-7-11-16)12-19(22(23,24)25)29(20)28-18/h2-11,13-14,17,19,27H,12H2,1H3,(H,26,30)/t14-,17-,19-/m1/s1. The van der Waals surface area contributed by atoms with Crippen LogP contribution in [0.15, 0.2) is 66.7 Å². The number of hydrogen-bond acceptors (Lipinski definition) is 3. The molecule has 0 saturated carbocycles. The Balaban J connectivity index is 1.60. The van der Waals surface area contributed by atoms with E-state index in [-0.39, 0.29) is 24.0 Å². The molecule has 0 radical (unpaired) electrons. The summed E-state index contributed by atoms with van der Waals surface area (Å²) in [7, 11) is 0. The molecule has 1 aliphatic heterocycles. The third kappa shape index (κ3) is 4.03. The van der Waals surface area contributed by atoms with Crippen molar-refractivity contribution in [1.82, 2.24) is 15.1 Å². The molecule has 0 saturated heterocycles. The number of hydrogen-bond donors (Lipinski definition) is 2. The maximum Gasteiger partial charge on any atom is 0.410 e. The first kappa shape index (κ1) is 20.0. The lowest BCUT2D eigenvalue weighted by Crippen LogP contribution is -2.35. The average molecular weight is 414 g/mol. The third-order valence-electron chi connectivity index (χ3n) is 5.27. The molecule has 3 aromatic rings. The highest BCUT2D eigenvalue weighted by Crippen LogP contribution is 2.43. The van der Waals surface area contributed by atoms with Crippen LogP contribution < -0.4 is 10.6 Å². The van der Waals surface area contributed by atoms with Crippen molar-refractivity contribution in [3.63, 3.8) is 0 Å². The molecule has 3 atom stereocenters. The van der Waals surface area contributed by atoms with Crippen LogP contribution in [0.25, 0.3) is 0 Å². The van der Waals surface area contributed by atoms with Gasteiger partial charge in [0.05, 0.1) is 12.1 Å². The van der Waals surface area contributed by atoms with Gasteiger partial charge in [-0.1, -0.05) is 60.7 Å². The minimum absolute atomic E-state index is 0.0526. The van der Waals surface area contributed by atoms with Gasteiger partial charge in [0, 0.05) is 12.5 Å². The van der Waals surface area contributed by atoms with Gasteiger partial charge in [0.2, 0.25) is 0 Å². The molecule has 1 amide bonds. The molecule has 30 heavy (non-hydrogen) atoms. The number of nitrogens with one attached hydrogen (secondary N) is 2. The molecule has 1 aromatic heterocycles. The number of halogens is 3. The number of anilines is 1. The summed E-state index contributed by atoms with van der Waals surface area (Å²) in [4.78, 5) is 12.7. The molecule has 0 unspecified atom stereocenters. The normalized spacial score (nSPS) is 19.5. The zero-order chi connectivity index (χ0) is 21.3. The quantitative estimate of drug-likeness (QED) is 0.629. The molecular weight excluding hydrogens is 393 g/mol.